The third-order valence-corrected chi connectivity index (χ3v) is 8.10. The van der Waals surface area contributed by atoms with Crippen LogP contribution in [0.15, 0.2) is 28.8 Å². The molecule has 0 spiro atoms. The Morgan fingerprint density at radius 3 is 2.27 bits per heavy atom. The fourth-order valence-electron chi connectivity index (χ4n) is 3.99. The van der Waals surface area contributed by atoms with E-state index in [0.717, 1.165) is 47.8 Å². The number of ether oxygens (including phenoxy) is 2. The number of thiophene rings is 1. The largest absolute Gasteiger partial charge is 0.477 e. The smallest absolute Gasteiger partial charge is 0.404 e. The molecule has 0 aromatic carbocycles. The highest BCUT2D eigenvalue weighted by atomic mass is 32.2. The monoisotopic (exact) mass is 599 g/mol. The Labute approximate surface area is 243 Å². The maximum atomic E-state index is 12.8. The van der Waals surface area contributed by atoms with Crippen molar-refractivity contribution in [2.24, 2.45) is 17.6 Å². The summed E-state index contributed by atoms with van der Waals surface area (Å²) in [6, 6.07) is 3.61. The topological polar surface area (TPSA) is 172 Å². The van der Waals surface area contributed by atoms with Gasteiger partial charge in [-0.15, -0.1) is 23.1 Å². The predicted molar refractivity (Wildman–Crippen MR) is 155 cm³/mol. The van der Waals surface area contributed by atoms with Crippen molar-refractivity contribution in [3.8, 4) is 0 Å². The average molecular weight is 600 g/mol. The summed E-state index contributed by atoms with van der Waals surface area (Å²) in [5.41, 5.74) is 3.20. The van der Waals surface area contributed by atoms with Crippen molar-refractivity contribution in [2.45, 2.75) is 45.2 Å². The van der Waals surface area contributed by atoms with Gasteiger partial charge in [0.2, 0.25) is 5.91 Å². The fraction of sp³-hybridized carbons (Fsp3) is 0.615. The van der Waals surface area contributed by atoms with Crippen molar-refractivity contribution in [1.29, 1.82) is 0 Å². The number of primary amides is 1. The molecule has 1 fully saturated rings. The van der Waals surface area contributed by atoms with Gasteiger partial charge in [-0.1, -0.05) is 33.8 Å². The lowest BCUT2D eigenvalue weighted by Crippen LogP contribution is -2.80. The predicted octanol–water partition coefficient (Wildman–Crippen LogP) is 1.58. The number of nitrogens with two attached hydrogens (primary N) is 1. The molecule has 1 saturated heterocycles. The number of nitrogens with one attached hydrogen (secondary N) is 3. The second-order valence-corrected chi connectivity index (χ2v) is 12.2. The molecule has 0 saturated carbocycles. The molecule has 2 aliphatic heterocycles. The van der Waals surface area contributed by atoms with Crippen LogP contribution in [0.2, 0.25) is 0 Å². The van der Waals surface area contributed by atoms with Gasteiger partial charge in [0.05, 0.1) is 6.42 Å². The number of carbonyl (C=O) groups excluding carboxylic acids is 3. The molecule has 0 unspecified atom stereocenters. The lowest BCUT2D eigenvalue weighted by Gasteiger charge is -2.55. The molecule has 0 aliphatic carbocycles. The number of thioether (sulfide) groups is 1. The zero-order chi connectivity index (χ0) is 29.9. The third-order valence-electron chi connectivity index (χ3n) is 5.85. The van der Waals surface area contributed by atoms with E-state index in [1.165, 1.54) is 30.2 Å². The number of amides is 3. The van der Waals surface area contributed by atoms with Crippen molar-refractivity contribution in [1.82, 2.24) is 20.9 Å². The maximum absolute atomic E-state index is 12.8. The molecule has 2 atom stereocenters. The first-order valence-electron chi connectivity index (χ1n) is 13.1. The van der Waals surface area contributed by atoms with E-state index < -0.39 is 35.0 Å². The summed E-state index contributed by atoms with van der Waals surface area (Å²) in [6.07, 6.45) is -0.973. The van der Waals surface area contributed by atoms with Crippen LogP contribution in [0, 0.1) is 11.8 Å². The Morgan fingerprint density at radius 1 is 1.18 bits per heavy atom. The van der Waals surface area contributed by atoms with E-state index in [4.69, 9.17) is 10.5 Å². The fourth-order valence-corrected chi connectivity index (χ4v) is 6.12. The molecule has 12 nitrogen and oxygen atoms in total. The number of methoxy groups -OCH3 is 1. The highest BCUT2D eigenvalue weighted by Gasteiger charge is 2.66. The maximum Gasteiger partial charge on any atom is 0.404 e. The van der Waals surface area contributed by atoms with Gasteiger partial charge >= 0.3 is 12.1 Å². The van der Waals surface area contributed by atoms with E-state index in [9.17, 15) is 24.3 Å². The summed E-state index contributed by atoms with van der Waals surface area (Å²) < 4.78 is 10.0. The molecule has 2 aliphatic rings. The van der Waals surface area contributed by atoms with Crippen LogP contribution < -0.4 is 21.7 Å². The normalized spacial score (nSPS) is 20.0. The van der Waals surface area contributed by atoms with Crippen LogP contribution in [0.5, 0.6) is 0 Å². The van der Waals surface area contributed by atoms with Gasteiger partial charge in [-0.25, -0.2) is 9.59 Å². The molecule has 3 rings (SSSR count). The number of carboxylic acid groups (broad SMARTS) is 1. The summed E-state index contributed by atoms with van der Waals surface area (Å²) in [5.74, 6) is -0.793. The van der Waals surface area contributed by atoms with Crippen LogP contribution in [0.3, 0.4) is 0 Å². The molecule has 0 radical (unpaired) electrons. The first-order valence-corrected chi connectivity index (χ1v) is 15.0. The van der Waals surface area contributed by atoms with Crippen LogP contribution in [-0.2, 0) is 30.3 Å². The number of nitrogens with zero attached hydrogens (tertiary/aromatic N) is 1. The van der Waals surface area contributed by atoms with E-state index in [0.29, 0.717) is 0 Å². The number of rotatable bonds is 14. The molecule has 14 heteroatoms. The molecule has 40 heavy (non-hydrogen) atoms. The quantitative estimate of drug-likeness (QED) is 0.120. The van der Waals surface area contributed by atoms with Gasteiger partial charge in [0.25, 0.3) is 11.6 Å². The Bertz CT molecular complexity index is 1040. The molecule has 1 aromatic heterocycles. The van der Waals surface area contributed by atoms with E-state index in [1.54, 1.807) is 6.07 Å². The average Bonchev–Trinajstić information content (AvgIpc) is 3.40. The lowest BCUT2D eigenvalue weighted by molar-refractivity contribution is -0.192. The summed E-state index contributed by atoms with van der Waals surface area (Å²) in [7, 11) is 1.27. The van der Waals surface area contributed by atoms with Gasteiger partial charge < -0.3 is 36.3 Å². The molecule has 0 bridgehead atoms. The minimum Gasteiger partial charge on any atom is -0.477 e. The van der Waals surface area contributed by atoms with Crippen molar-refractivity contribution < 1.29 is 33.8 Å². The number of carboxylic acids is 1. The van der Waals surface area contributed by atoms with E-state index >= 15 is 0 Å². The number of hydrogen-bond donors (Lipinski definition) is 5. The Hall–Kier alpha value is -2.65. The molecular formula is C26H41N5O7S2. The Balaban J connectivity index is 0.000000395. The van der Waals surface area contributed by atoms with Crippen LogP contribution in [0.4, 0.5) is 4.79 Å². The number of carbonyl (C=O) groups is 4. The second kappa shape index (κ2) is 16.0. The standard InChI is InChI=1S/C16H17N3O7S2.C10H24N2/c1-25-16(18-10(20)5-9-3-2-4-27-9)13(23)19-11(12(21)22)8(6-26-15(17)24)7-28-14(16)19;1-9(2)7-11-5-6-12-8-10(3)4/h2-4,14H,5-7H2,1H3,(H2,17,24)(H,18,20)(H,21,22);9-12H,5-8H2,1-4H3/t14-,16+;/m1./s1. The number of fused-ring (bicyclic) bond motifs is 1. The van der Waals surface area contributed by atoms with Gasteiger partial charge in [0, 0.05) is 36.4 Å². The highest BCUT2D eigenvalue weighted by Crippen LogP contribution is 2.46. The molecule has 3 heterocycles. The van der Waals surface area contributed by atoms with E-state index in [-0.39, 0.29) is 30.1 Å². The number of hydrogen-bond acceptors (Lipinski definition) is 10. The SMILES string of the molecule is CC(C)CNCCNCC(C)C.CO[C@@]1(NC(=O)Cc2cccs2)C(=O)N2C(C(=O)O)=C(COC(N)=O)CS[C@@H]21. The van der Waals surface area contributed by atoms with Crippen LogP contribution in [0.1, 0.15) is 32.6 Å². The third kappa shape index (κ3) is 9.20. The van der Waals surface area contributed by atoms with Crippen LogP contribution >= 0.6 is 23.1 Å². The van der Waals surface area contributed by atoms with Gasteiger partial charge in [-0.05, 0) is 36.4 Å². The Morgan fingerprint density at radius 2 is 1.80 bits per heavy atom. The second-order valence-electron chi connectivity index (χ2n) is 10.1. The van der Waals surface area contributed by atoms with Crippen molar-refractivity contribution in [2.75, 3.05) is 45.6 Å². The van der Waals surface area contributed by atoms with Gasteiger partial charge in [0.1, 0.15) is 17.7 Å². The minimum atomic E-state index is -1.66. The lowest BCUT2D eigenvalue weighted by atomic mass is 9.98. The van der Waals surface area contributed by atoms with Gasteiger partial charge in [0.15, 0.2) is 0 Å². The van der Waals surface area contributed by atoms with Crippen LogP contribution in [-0.4, -0.2) is 90.6 Å². The van der Waals surface area contributed by atoms with Gasteiger partial charge in [-0.3, -0.25) is 14.5 Å². The zero-order valence-corrected chi connectivity index (χ0v) is 25.3. The molecule has 224 valence electrons. The van der Waals surface area contributed by atoms with Crippen molar-refractivity contribution in [3.63, 3.8) is 0 Å². The van der Waals surface area contributed by atoms with Crippen molar-refractivity contribution >= 4 is 47.0 Å². The first-order chi connectivity index (χ1) is 18.9. The molecule has 1 aromatic rings. The number of aliphatic carboxylic acids is 1. The van der Waals surface area contributed by atoms with Crippen LogP contribution in [0.25, 0.3) is 0 Å². The summed E-state index contributed by atoms with van der Waals surface area (Å²) in [6.45, 7) is 13.0. The number of β-lactam (4-membered cyclic amide) rings is 1. The van der Waals surface area contributed by atoms with Crippen molar-refractivity contribution in [3.05, 3.63) is 33.7 Å². The van der Waals surface area contributed by atoms with E-state index in [1.807, 2.05) is 11.4 Å². The molecule has 3 amide bonds. The summed E-state index contributed by atoms with van der Waals surface area (Å²) >= 11 is 2.60. The van der Waals surface area contributed by atoms with E-state index in [2.05, 4.69) is 48.4 Å². The molecular weight excluding hydrogens is 558 g/mol. The summed E-state index contributed by atoms with van der Waals surface area (Å²) in [5, 5.41) is 20.0. The highest BCUT2D eigenvalue weighted by molar-refractivity contribution is 8.00. The first kappa shape index (κ1) is 33.6. The van der Waals surface area contributed by atoms with Gasteiger partial charge in [-0.2, -0.15) is 0 Å². The molecule has 6 N–H and O–H groups in total. The minimum absolute atomic E-state index is 0.0762. The Kier molecular flexibility index (Phi) is 13.4. The summed E-state index contributed by atoms with van der Waals surface area (Å²) in [4.78, 5) is 49.6. The zero-order valence-electron chi connectivity index (χ0n) is 23.7.